The summed E-state index contributed by atoms with van der Waals surface area (Å²) in [5.41, 5.74) is 1.81. The van der Waals surface area contributed by atoms with Gasteiger partial charge >= 0.3 is 28.3 Å². The summed E-state index contributed by atoms with van der Waals surface area (Å²) in [6, 6.07) is 8.98. The van der Waals surface area contributed by atoms with Crippen molar-refractivity contribution in [1.82, 2.24) is 9.88 Å². The molecule has 1 N–H and O–H groups in total. The van der Waals surface area contributed by atoms with Crippen LogP contribution >= 0.6 is 0 Å². The maximum absolute atomic E-state index is 13.6. The van der Waals surface area contributed by atoms with Gasteiger partial charge in [0.2, 0.25) is 0 Å². The predicted octanol–water partition coefficient (Wildman–Crippen LogP) is 3.84. The van der Waals surface area contributed by atoms with Crippen molar-refractivity contribution in [2.24, 2.45) is 5.92 Å². The summed E-state index contributed by atoms with van der Waals surface area (Å²) in [4.78, 5) is 41.8. The largest absolute Gasteiger partial charge is 0.490 e. The van der Waals surface area contributed by atoms with Gasteiger partial charge in [-0.1, -0.05) is 12.1 Å². The first kappa shape index (κ1) is 35.6. The summed E-state index contributed by atoms with van der Waals surface area (Å²) < 4.78 is 92.3. The van der Waals surface area contributed by atoms with E-state index < -0.39 is 45.8 Å². The van der Waals surface area contributed by atoms with Gasteiger partial charge in [0.05, 0.1) is 17.1 Å². The zero-order chi connectivity index (χ0) is 35.3. The van der Waals surface area contributed by atoms with Crippen LogP contribution in [0.3, 0.4) is 0 Å². The van der Waals surface area contributed by atoms with E-state index in [0.29, 0.717) is 54.6 Å². The van der Waals surface area contributed by atoms with Crippen molar-refractivity contribution in [3.63, 3.8) is 0 Å². The number of carboxylic acid groups (broad SMARTS) is 1. The molecule has 1 saturated carbocycles. The number of alkyl halides is 5. The van der Waals surface area contributed by atoms with Gasteiger partial charge in [-0.05, 0) is 44.5 Å². The lowest BCUT2D eigenvalue weighted by Gasteiger charge is -2.38. The van der Waals surface area contributed by atoms with Crippen LogP contribution in [-0.4, -0.2) is 98.7 Å². The number of carbonyl (C=O) groups excluding carboxylic acids is 2. The number of nitrogens with zero attached hydrogens (tertiary/aromatic N) is 5. The summed E-state index contributed by atoms with van der Waals surface area (Å²) >= 11 is 0. The second-order valence-electron chi connectivity index (χ2n) is 11.9. The van der Waals surface area contributed by atoms with Gasteiger partial charge in [-0.2, -0.15) is 21.6 Å². The van der Waals surface area contributed by atoms with Crippen molar-refractivity contribution in [1.29, 1.82) is 0 Å². The molecule has 1 amide bonds. The van der Waals surface area contributed by atoms with E-state index in [-0.39, 0.29) is 18.9 Å². The molecule has 3 aliphatic rings. The number of aryl methyl sites for hydroxylation is 1. The zero-order valence-corrected chi connectivity index (χ0v) is 27.0. The van der Waals surface area contributed by atoms with E-state index in [1.807, 2.05) is 19.1 Å². The first-order valence-electron chi connectivity index (χ1n) is 14.4. The molecule has 1 atom stereocenters. The molecule has 5 rings (SSSR count). The molecule has 2 aliphatic heterocycles. The van der Waals surface area contributed by atoms with Gasteiger partial charge < -0.3 is 19.6 Å². The Labute approximate surface area is 267 Å². The number of carboxylic acids is 1. The summed E-state index contributed by atoms with van der Waals surface area (Å²) in [6.45, 7) is 8.02. The van der Waals surface area contributed by atoms with Crippen molar-refractivity contribution < 1.29 is 54.6 Å². The third-order valence-electron chi connectivity index (χ3n) is 7.95. The number of hydrogen-bond acceptors (Lipinski definition) is 8. The number of anilines is 3. The van der Waals surface area contributed by atoms with Crippen LogP contribution in [0.4, 0.5) is 39.1 Å². The number of aromatic nitrogens is 1. The molecule has 1 saturated heterocycles. The first-order valence-corrected chi connectivity index (χ1v) is 15.8. The van der Waals surface area contributed by atoms with E-state index in [2.05, 4.69) is 4.90 Å². The van der Waals surface area contributed by atoms with E-state index in [1.54, 1.807) is 36.9 Å². The summed E-state index contributed by atoms with van der Waals surface area (Å²) in [5.74, 6) is -6.61. The second kappa shape index (κ2) is 12.4. The van der Waals surface area contributed by atoms with Crippen molar-refractivity contribution in [2.75, 3.05) is 53.3 Å². The summed E-state index contributed by atoms with van der Waals surface area (Å²) in [6.07, 6.45) is -5.39. The van der Waals surface area contributed by atoms with Crippen LogP contribution in [0.1, 0.15) is 32.8 Å². The standard InChI is InChI=1S/C27H33F2N5O5S.C2HF3O2/c1-17-6-9-23(32-10-12-33(13-11-32)25(36)26(3,4)39-18(2)35)30-24(17)19-7-8-21-22(14-19)31(5)40(37,38)34(21)16-20-15-27(20,28)29;3-2(4,5)1(6)7/h6-9,14,20H,10-13,15-16H2,1-5H3;(H,6,7). The highest BCUT2D eigenvalue weighted by Gasteiger charge is 2.59. The van der Waals surface area contributed by atoms with Gasteiger partial charge in [-0.25, -0.2) is 18.6 Å². The molecule has 2 aromatic rings. The van der Waals surface area contributed by atoms with Crippen molar-refractivity contribution in [3.05, 3.63) is 35.9 Å². The van der Waals surface area contributed by atoms with Crippen LogP contribution in [0.15, 0.2) is 30.3 Å². The van der Waals surface area contributed by atoms with E-state index in [9.17, 15) is 40.0 Å². The number of esters is 1. The van der Waals surface area contributed by atoms with Crippen LogP contribution < -0.4 is 13.5 Å². The molecular weight excluding hydrogens is 657 g/mol. The van der Waals surface area contributed by atoms with Gasteiger partial charge in [0, 0.05) is 64.6 Å². The number of piperazine rings is 1. The van der Waals surface area contributed by atoms with Gasteiger partial charge in [0.15, 0.2) is 5.60 Å². The van der Waals surface area contributed by atoms with Crippen LogP contribution in [0.25, 0.3) is 11.3 Å². The molecule has 18 heteroatoms. The van der Waals surface area contributed by atoms with Crippen molar-refractivity contribution >= 4 is 45.2 Å². The Morgan fingerprint density at radius 1 is 1.04 bits per heavy atom. The average molecular weight is 692 g/mol. The van der Waals surface area contributed by atoms with Crippen LogP contribution in [0.2, 0.25) is 0 Å². The zero-order valence-electron chi connectivity index (χ0n) is 26.1. The molecule has 1 unspecified atom stereocenters. The lowest BCUT2D eigenvalue weighted by atomic mass is 10.0. The third-order valence-corrected chi connectivity index (χ3v) is 9.74. The Kier molecular flexibility index (Phi) is 9.42. The number of aliphatic carboxylic acids is 1. The quantitative estimate of drug-likeness (QED) is 0.354. The third kappa shape index (κ3) is 7.52. The maximum atomic E-state index is 13.6. The number of amides is 1. The molecule has 0 radical (unpaired) electrons. The fourth-order valence-electron chi connectivity index (χ4n) is 5.30. The van der Waals surface area contributed by atoms with Gasteiger partial charge in [-0.15, -0.1) is 0 Å². The fourth-order valence-corrected chi connectivity index (χ4v) is 6.76. The Hall–Kier alpha value is -4.22. The predicted molar refractivity (Wildman–Crippen MR) is 160 cm³/mol. The van der Waals surface area contributed by atoms with Gasteiger partial charge in [0.25, 0.3) is 11.8 Å². The molecule has 1 aliphatic carbocycles. The molecule has 3 heterocycles. The normalized spacial score (nSPS) is 19.8. The number of rotatable bonds is 6. The fraction of sp³-hybridized carbons (Fsp3) is 0.517. The number of pyridine rings is 1. The Bertz CT molecular complexity index is 1680. The highest BCUT2D eigenvalue weighted by molar-refractivity contribution is 7.94. The molecule has 0 bridgehead atoms. The molecular formula is C29H34F5N5O7S. The van der Waals surface area contributed by atoms with E-state index in [1.165, 1.54) is 14.0 Å². The molecule has 1 aromatic carbocycles. The monoisotopic (exact) mass is 691 g/mol. The van der Waals surface area contributed by atoms with E-state index in [0.717, 1.165) is 14.2 Å². The van der Waals surface area contributed by atoms with E-state index in [4.69, 9.17) is 19.6 Å². The Morgan fingerprint density at radius 2 is 1.62 bits per heavy atom. The first-order chi connectivity index (χ1) is 21.6. The highest BCUT2D eigenvalue weighted by Crippen LogP contribution is 2.51. The maximum Gasteiger partial charge on any atom is 0.490 e. The Balaban J connectivity index is 0.000000644. The number of ether oxygens (including phenoxy) is 1. The molecule has 2 fully saturated rings. The molecule has 258 valence electrons. The van der Waals surface area contributed by atoms with E-state index >= 15 is 0 Å². The second-order valence-corrected chi connectivity index (χ2v) is 13.8. The van der Waals surface area contributed by atoms with Gasteiger partial charge in [0.1, 0.15) is 5.82 Å². The average Bonchev–Trinajstić information content (AvgIpc) is 3.54. The number of carbonyl (C=O) groups is 3. The minimum Gasteiger partial charge on any atom is -0.475 e. The molecule has 1 aromatic heterocycles. The smallest absolute Gasteiger partial charge is 0.475 e. The molecule has 0 spiro atoms. The lowest BCUT2D eigenvalue weighted by Crippen LogP contribution is -2.55. The van der Waals surface area contributed by atoms with Gasteiger partial charge in [-0.3, -0.25) is 18.2 Å². The topological polar surface area (TPSA) is 141 Å². The lowest BCUT2D eigenvalue weighted by molar-refractivity contribution is -0.192. The minimum absolute atomic E-state index is 0.253. The number of benzene rings is 1. The van der Waals surface area contributed by atoms with Crippen LogP contribution in [0, 0.1) is 12.8 Å². The highest BCUT2D eigenvalue weighted by atomic mass is 32.2. The number of hydrogen-bond donors (Lipinski definition) is 1. The number of halogens is 5. The van der Waals surface area contributed by atoms with Crippen molar-refractivity contribution in [3.8, 4) is 11.3 Å². The molecule has 47 heavy (non-hydrogen) atoms. The van der Waals surface area contributed by atoms with Crippen LogP contribution in [0.5, 0.6) is 0 Å². The minimum atomic E-state index is -5.08. The number of fused-ring (bicyclic) bond motifs is 1. The summed E-state index contributed by atoms with van der Waals surface area (Å²) in [5, 5.41) is 7.12. The van der Waals surface area contributed by atoms with Crippen LogP contribution in [-0.2, 0) is 29.3 Å². The molecule has 12 nitrogen and oxygen atoms in total. The Morgan fingerprint density at radius 3 is 2.13 bits per heavy atom. The summed E-state index contributed by atoms with van der Waals surface area (Å²) in [7, 11) is -2.53. The van der Waals surface area contributed by atoms with Crippen molar-refractivity contribution in [2.45, 2.75) is 51.8 Å². The SMILES string of the molecule is CC(=O)OC(C)(C)C(=O)N1CCN(c2ccc(C)c(-c3ccc4c(c3)N(C)S(=O)(=O)N4CC3CC3(F)F)n2)CC1.O=C(O)C(F)(F)F.